The Morgan fingerprint density at radius 2 is 0.925 bits per heavy atom. The van der Waals surface area contributed by atoms with Crippen LogP contribution in [0.5, 0.6) is 0 Å². The van der Waals surface area contributed by atoms with Gasteiger partial charge in [-0.2, -0.15) is 0 Å². The van der Waals surface area contributed by atoms with Crippen molar-refractivity contribution in [2.24, 2.45) is 0 Å². The van der Waals surface area contributed by atoms with Crippen LogP contribution >= 0.6 is 0 Å². The highest BCUT2D eigenvalue weighted by Gasteiger charge is 2.03. The van der Waals surface area contributed by atoms with Crippen LogP contribution in [0.2, 0.25) is 0 Å². The number of ketones is 2. The molecular formula is C32H61NO7. The summed E-state index contributed by atoms with van der Waals surface area (Å²) in [5.41, 5.74) is 0. The molecule has 0 aliphatic heterocycles. The lowest BCUT2D eigenvalue weighted by Gasteiger charge is -2.08. The highest BCUT2D eigenvalue weighted by molar-refractivity contribution is 5.78. The summed E-state index contributed by atoms with van der Waals surface area (Å²) in [6.07, 6.45) is 18.2. The summed E-state index contributed by atoms with van der Waals surface area (Å²) in [6, 6.07) is 0. The molecule has 0 aromatic carbocycles. The van der Waals surface area contributed by atoms with E-state index < -0.39 is 0 Å². The largest absolute Gasteiger partial charge is 0.379 e. The van der Waals surface area contributed by atoms with Gasteiger partial charge >= 0.3 is 0 Å². The molecule has 0 aromatic heterocycles. The predicted octanol–water partition coefficient (Wildman–Crippen LogP) is 6.37. The van der Waals surface area contributed by atoms with Crippen molar-refractivity contribution in [1.29, 1.82) is 0 Å². The molecule has 0 spiro atoms. The number of carbonyl (C=O) groups is 3. The molecule has 0 saturated heterocycles. The van der Waals surface area contributed by atoms with E-state index in [1.54, 1.807) is 0 Å². The van der Waals surface area contributed by atoms with Crippen molar-refractivity contribution < 1.29 is 33.3 Å². The maximum Gasteiger partial charge on any atom is 0.220 e. The lowest BCUT2D eigenvalue weighted by atomic mass is 10.1. The summed E-state index contributed by atoms with van der Waals surface area (Å²) in [4.78, 5) is 35.0. The van der Waals surface area contributed by atoms with Crippen molar-refractivity contribution in [3.63, 3.8) is 0 Å². The Bertz CT molecular complexity index is 586. The van der Waals surface area contributed by atoms with Crippen LogP contribution in [0.4, 0.5) is 0 Å². The summed E-state index contributed by atoms with van der Waals surface area (Å²) in [6.45, 7) is 8.53. The Hall–Kier alpha value is -1.35. The average Bonchev–Trinajstić information content (AvgIpc) is 2.95. The van der Waals surface area contributed by atoms with Crippen LogP contribution in [0, 0.1) is 0 Å². The molecule has 1 amide bonds. The predicted molar refractivity (Wildman–Crippen MR) is 161 cm³/mol. The first-order valence-corrected chi connectivity index (χ1v) is 16.2. The molecule has 0 aromatic rings. The van der Waals surface area contributed by atoms with E-state index in [-0.39, 0.29) is 17.5 Å². The van der Waals surface area contributed by atoms with Crippen molar-refractivity contribution in [1.82, 2.24) is 5.32 Å². The normalized spacial score (nSPS) is 11.2. The molecule has 1 N–H and O–H groups in total. The molecule has 0 unspecified atom stereocenters. The zero-order valence-electron chi connectivity index (χ0n) is 25.9. The molecular weight excluding hydrogens is 510 g/mol. The molecule has 0 fully saturated rings. The average molecular weight is 572 g/mol. The lowest BCUT2D eigenvalue weighted by molar-refractivity contribution is -0.122. The number of rotatable bonds is 33. The van der Waals surface area contributed by atoms with Crippen LogP contribution in [0.25, 0.3) is 0 Å². The molecule has 0 radical (unpaired) electrons. The number of hydrogen-bond acceptors (Lipinski definition) is 7. The van der Waals surface area contributed by atoms with Crippen molar-refractivity contribution >= 4 is 17.5 Å². The van der Waals surface area contributed by atoms with E-state index in [9.17, 15) is 14.4 Å². The Morgan fingerprint density at radius 3 is 1.48 bits per heavy atom. The van der Waals surface area contributed by atoms with Gasteiger partial charge in [0.1, 0.15) is 11.6 Å². The van der Waals surface area contributed by atoms with E-state index >= 15 is 0 Å². The summed E-state index contributed by atoms with van der Waals surface area (Å²) >= 11 is 0. The van der Waals surface area contributed by atoms with Crippen LogP contribution < -0.4 is 5.32 Å². The molecule has 0 heterocycles. The van der Waals surface area contributed by atoms with Crippen LogP contribution in [-0.2, 0) is 33.3 Å². The maximum absolute atomic E-state index is 11.9. The van der Waals surface area contributed by atoms with E-state index in [0.29, 0.717) is 97.9 Å². The topological polar surface area (TPSA) is 100 Å². The smallest absolute Gasteiger partial charge is 0.220 e. The van der Waals surface area contributed by atoms with Gasteiger partial charge in [-0.1, -0.05) is 78.1 Å². The van der Waals surface area contributed by atoms with E-state index in [1.807, 2.05) is 6.92 Å². The molecule has 0 atom stereocenters. The van der Waals surface area contributed by atoms with Gasteiger partial charge in [-0.3, -0.25) is 14.4 Å². The second-order valence-corrected chi connectivity index (χ2v) is 10.5. The van der Waals surface area contributed by atoms with Crippen LogP contribution in [-0.4, -0.2) is 76.9 Å². The standard InChI is InChI=1S/C32H61NO7/c1-3-5-6-7-8-9-10-11-12-13-14-19-32(36)33-21-25-40-29-27-38-23-16-18-31(35)20-24-39-28-26-37-22-15-17-30(34)4-2/h3-29H2,1-2H3,(H,33,36). The van der Waals surface area contributed by atoms with Crippen molar-refractivity contribution in [3.05, 3.63) is 0 Å². The number of Topliss-reactive ketones (excluding diaryl/α,β-unsaturated/α-hetero) is 2. The molecule has 8 heteroatoms. The van der Waals surface area contributed by atoms with E-state index in [4.69, 9.17) is 18.9 Å². The van der Waals surface area contributed by atoms with Crippen LogP contribution in [0.1, 0.15) is 129 Å². The van der Waals surface area contributed by atoms with Crippen LogP contribution in [0.15, 0.2) is 0 Å². The van der Waals surface area contributed by atoms with Gasteiger partial charge in [0, 0.05) is 51.9 Å². The fourth-order valence-electron chi connectivity index (χ4n) is 4.18. The molecule has 0 saturated carbocycles. The Morgan fingerprint density at radius 1 is 0.450 bits per heavy atom. The van der Waals surface area contributed by atoms with Gasteiger partial charge in [0.05, 0.1) is 39.6 Å². The van der Waals surface area contributed by atoms with Gasteiger partial charge < -0.3 is 24.3 Å². The highest BCUT2D eigenvalue weighted by atomic mass is 16.5. The summed E-state index contributed by atoms with van der Waals surface area (Å²) in [5, 5.41) is 2.91. The monoisotopic (exact) mass is 571 g/mol. The number of nitrogens with one attached hydrogen (secondary N) is 1. The van der Waals surface area contributed by atoms with E-state index in [1.165, 1.54) is 57.8 Å². The zero-order chi connectivity index (χ0) is 29.4. The zero-order valence-corrected chi connectivity index (χ0v) is 25.9. The molecule has 8 nitrogen and oxygen atoms in total. The Balaban J connectivity index is 3.26. The van der Waals surface area contributed by atoms with Gasteiger partial charge in [0.2, 0.25) is 5.91 Å². The highest BCUT2D eigenvalue weighted by Crippen LogP contribution is 2.11. The minimum absolute atomic E-state index is 0.107. The van der Waals surface area contributed by atoms with Gasteiger partial charge in [-0.25, -0.2) is 0 Å². The van der Waals surface area contributed by atoms with E-state index in [2.05, 4.69) is 12.2 Å². The Labute approximate surface area is 245 Å². The third kappa shape index (κ3) is 31.2. The molecule has 0 aliphatic carbocycles. The van der Waals surface area contributed by atoms with Crippen molar-refractivity contribution in [3.8, 4) is 0 Å². The number of hydrogen-bond donors (Lipinski definition) is 1. The van der Waals surface area contributed by atoms with Gasteiger partial charge in [-0.15, -0.1) is 0 Å². The number of amides is 1. The summed E-state index contributed by atoms with van der Waals surface area (Å²) in [5.74, 6) is 0.539. The Kier molecular flexibility index (Phi) is 31.1. The fraction of sp³-hybridized carbons (Fsp3) is 0.906. The van der Waals surface area contributed by atoms with Gasteiger partial charge in [-0.05, 0) is 19.3 Å². The SMILES string of the molecule is CCCCCCCCCCCCCC(=O)NCCOCCOCCCC(=O)CCOCCOCCCC(=O)CC. The lowest BCUT2D eigenvalue weighted by Crippen LogP contribution is -2.27. The van der Waals surface area contributed by atoms with Crippen molar-refractivity contribution in [2.45, 2.75) is 129 Å². The molecule has 40 heavy (non-hydrogen) atoms. The quantitative estimate of drug-likeness (QED) is 0.0914. The number of carbonyl (C=O) groups excluding carboxylic acids is 3. The second-order valence-electron chi connectivity index (χ2n) is 10.5. The third-order valence-electron chi connectivity index (χ3n) is 6.73. The first-order valence-electron chi connectivity index (χ1n) is 16.2. The van der Waals surface area contributed by atoms with Gasteiger partial charge in [0.25, 0.3) is 0 Å². The first kappa shape index (κ1) is 38.6. The summed E-state index contributed by atoms with van der Waals surface area (Å²) in [7, 11) is 0. The molecule has 0 bridgehead atoms. The van der Waals surface area contributed by atoms with E-state index in [0.717, 1.165) is 19.3 Å². The van der Waals surface area contributed by atoms with Gasteiger partial charge in [0.15, 0.2) is 0 Å². The number of unbranched alkanes of at least 4 members (excludes halogenated alkanes) is 10. The summed E-state index contributed by atoms with van der Waals surface area (Å²) < 4.78 is 21.8. The third-order valence-corrected chi connectivity index (χ3v) is 6.73. The molecule has 0 aliphatic rings. The number of ether oxygens (including phenoxy) is 4. The second kappa shape index (κ2) is 32.2. The van der Waals surface area contributed by atoms with Crippen LogP contribution in [0.3, 0.4) is 0 Å². The molecule has 236 valence electrons. The minimum atomic E-state index is 0.107. The molecule has 0 rings (SSSR count). The maximum atomic E-state index is 11.9. The fourth-order valence-corrected chi connectivity index (χ4v) is 4.18. The first-order chi connectivity index (χ1) is 19.6. The minimum Gasteiger partial charge on any atom is -0.379 e. The van der Waals surface area contributed by atoms with Crippen molar-refractivity contribution in [2.75, 3.05) is 59.4 Å².